The predicted molar refractivity (Wildman–Crippen MR) is 79.1 cm³/mol. The molecule has 0 radical (unpaired) electrons. The number of fused-ring (bicyclic) bond motifs is 3. The molecule has 0 amide bonds. The van der Waals surface area contributed by atoms with Gasteiger partial charge in [0, 0.05) is 24.5 Å². The molecule has 0 unspecified atom stereocenters. The fourth-order valence-electron chi connectivity index (χ4n) is 2.69. The molecule has 0 saturated heterocycles. The van der Waals surface area contributed by atoms with Crippen LogP contribution in [0.3, 0.4) is 0 Å². The summed E-state index contributed by atoms with van der Waals surface area (Å²) in [6.07, 6.45) is 3.27. The van der Waals surface area contributed by atoms with Gasteiger partial charge in [0.25, 0.3) is 5.56 Å². The Morgan fingerprint density at radius 1 is 1.47 bits per heavy atom. The first-order valence-corrected chi connectivity index (χ1v) is 7.57. The van der Waals surface area contributed by atoms with Crippen molar-refractivity contribution in [2.45, 2.75) is 32.7 Å². The minimum Gasteiger partial charge on any atom is -0.354 e. The second kappa shape index (κ2) is 4.94. The minimum atomic E-state index is 0.0893. The molecule has 0 aromatic carbocycles. The number of hydrogen-bond donors (Lipinski definition) is 2. The molecule has 3 N–H and O–H groups in total. The molecule has 0 spiro atoms. The largest absolute Gasteiger partial charge is 0.354 e. The third-order valence-electron chi connectivity index (χ3n) is 3.57. The molecule has 2 aromatic rings. The van der Waals surface area contributed by atoms with Crippen molar-refractivity contribution in [3.05, 3.63) is 20.8 Å². The van der Waals surface area contributed by atoms with Crippen LogP contribution in [0, 0.1) is 0 Å². The third-order valence-corrected chi connectivity index (χ3v) is 4.75. The Labute approximate surface area is 115 Å². The van der Waals surface area contributed by atoms with Crippen molar-refractivity contribution in [1.82, 2.24) is 9.55 Å². The van der Waals surface area contributed by atoms with Crippen LogP contribution in [0.15, 0.2) is 4.79 Å². The Morgan fingerprint density at radius 2 is 2.32 bits per heavy atom. The molecule has 0 bridgehead atoms. The molecule has 6 heteroatoms. The molecule has 0 fully saturated rings. The van der Waals surface area contributed by atoms with E-state index in [9.17, 15) is 4.79 Å². The number of aromatic nitrogens is 2. The summed E-state index contributed by atoms with van der Waals surface area (Å²) in [5.74, 6) is 0.644. The first-order valence-electron chi connectivity index (χ1n) is 6.75. The number of anilines is 1. The zero-order valence-corrected chi connectivity index (χ0v) is 11.8. The fraction of sp³-hybridized carbons (Fsp3) is 0.538. The Hall–Kier alpha value is -1.40. The van der Waals surface area contributed by atoms with E-state index in [-0.39, 0.29) is 5.56 Å². The van der Waals surface area contributed by atoms with Crippen molar-refractivity contribution in [2.24, 2.45) is 5.73 Å². The van der Waals surface area contributed by atoms with Gasteiger partial charge < -0.3 is 11.1 Å². The second-order valence-corrected chi connectivity index (χ2v) is 5.82. The summed E-state index contributed by atoms with van der Waals surface area (Å²) in [6.45, 7) is 3.75. The van der Waals surface area contributed by atoms with Crippen molar-refractivity contribution in [3.63, 3.8) is 0 Å². The smallest absolute Gasteiger partial charge is 0.263 e. The fourth-order valence-corrected chi connectivity index (χ4v) is 3.94. The van der Waals surface area contributed by atoms with Gasteiger partial charge in [0.15, 0.2) is 0 Å². The van der Waals surface area contributed by atoms with E-state index in [0.29, 0.717) is 25.6 Å². The molecule has 0 aliphatic heterocycles. The topological polar surface area (TPSA) is 72.9 Å². The summed E-state index contributed by atoms with van der Waals surface area (Å²) in [4.78, 5) is 19.5. The lowest BCUT2D eigenvalue weighted by atomic mass is 10.2. The number of hydrogen-bond acceptors (Lipinski definition) is 5. The minimum absolute atomic E-state index is 0.0893. The number of nitrogens with zero attached hydrogens (tertiary/aromatic N) is 2. The van der Waals surface area contributed by atoms with E-state index in [1.165, 1.54) is 10.4 Å². The highest BCUT2D eigenvalue weighted by Gasteiger charge is 2.22. The summed E-state index contributed by atoms with van der Waals surface area (Å²) in [7, 11) is 0. The van der Waals surface area contributed by atoms with Crippen LogP contribution in [0.5, 0.6) is 0 Å². The Balaban J connectivity index is 2.21. The molecule has 2 heterocycles. The average molecular weight is 278 g/mol. The van der Waals surface area contributed by atoms with Crippen molar-refractivity contribution < 1.29 is 0 Å². The average Bonchev–Trinajstić information content (AvgIpc) is 2.96. The van der Waals surface area contributed by atoms with E-state index >= 15 is 0 Å². The number of rotatable bonds is 4. The third kappa shape index (κ3) is 1.95. The van der Waals surface area contributed by atoms with Crippen molar-refractivity contribution in [2.75, 3.05) is 18.4 Å². The molecule has 102 valence electrons. The summed E-state index contributed by atoms with van der Waals surface area (Å²) in [5.41, 5.74) is 6.83. The van der Waals surface area contributed by atoms with Gasteiger partial charge >= 0.3 is 0 Å². The first-order chi connectivity index (χ1) is 9.26. The summed E-state index contributed by atoms with van der Waals surface area (Å²) in [6, 6.07) is 0. The van der Waals surface area contributed by atoms with Crippen LogP contribution in [-0.2, 0) is 19.4 Å². The first kappa shape index (κ1) is 12.6. The zero-order valence-electron chi connectivity index (χ0n) is 11.0. The van der Waals surface area contributed by atoms with Gasteiger partial charge in [-0.3, -0.25) is 9.36 Å². The molecular weight excluding hydrogens is 260 g/mol. The van der Waals surface area contributed by atoms with Gasteiger partial charge in [-0.25, -0.2) is 4.98 Å². The maximum Gasteiger partial charge on any atom is 0.263 e. The Kier molecular flexibility index (Phi) is 3.28. The van der Waals surface area contributed by atoms with Gasteiger partial charge in [-0.05, 0) is 31.7 Å². The van der Waals surface area contributed by atoms with E-state index < -0.39 is 0 Å². The molecule has 19 heavy (non-hydrogen) atoms. The van der Waals surface area contributed by atoms with Crippen LogP contribution in [0.25, 0.3) is 10.2 Å². The van der Waals surface area contributed by atoms with Crippen LogP contribution in [0.2, 0.25) is 0 Å². The lowest BCUT2D eigenvalue weighted by Gasteiger charge is -2.11. The normalized spacial score (nSPS) is 14.0. The summed E-state index contributed by atoms with van der Waals surface area (Å²) >= 11 is 1.67. The highest BCUT2D eigenvalue weighted by molar-refractivity contribution is 7.18. The lowest BCUT2D eigenvalue weighted by Crippen LogP contribution is -2.26. The number of nitrogens with one attached hydrogen (secondary N) is 1. The second-order valence-electron chi connectivity index (χ2n) is 4.74. The summed E-state index contributed by atoms with van der Waals surface area (Å²) < 4.78 is 1.71. The maximum absolute atomic E-state index is 12.6. The molecular formula is C13H18N4OS. The van der Waals surface area contributed by atoms with Crippen molar-refractivity contribution in [1.29, 1.82) is 0 Å². The van der Waals surface area contributed by atoms with Gasteiger partial charge in [0.1, 0.15) is 4.83 Å². The predicted octanol–water partition coefficient (Wildman–Crippen LogP) is 1.34. The van der Waals surface area contributed by atoms with Crippen LogP contribution >= 0.6 is 11.3 Å². The monoisotopic (exact) mass is 278 g/mol. The lowest BCUT2D eigenvalue weighted by molar-refractivity contribution is 0.721. The molecule has 2 aromatic heterocycles. The molecule has 1 aliphatic rings. The zero-order chi connectivity index (χ0) is 13.4. The van der Waals surface area contributed by atoms with Gasteiger partial charge in [0.05, 0.1) is 5.39 Å². The quantitative estimate of drug-likeness (QED) is 0.885. The van der Waals surface area contributed by atoms with E-state index in [1.807, 2.05) is 6.92 Å². The van der Waals surface area contributed by atoms with Gasteiger partial charge in [-0.15, -0.1) is 11.3 Å². The number of thiophene rings is 1. The van der Waals surface area contributed by atoms with Crippen LogP contribution in [-0.4, -0.2) is 22.6 Å². The summed E-state index contributed by atoms with van der Waals surface area (Å²) in [5, 5.41) is 3.99. The molecule has 3 rings (SSSR count). The van der Waals surface area contributed by atoms with E-state index in [4.69, 9.17) is 5.73 Å². The van der Waals surface area contributed by atoms with Crippen molar-refractivity contribution >= 4 is 27.5 Å². The highest BCUT2D eigenvalue weighted by atomic mass is 32.1. The van der Waals surface area contributed by atoms with E-state index in [2.05, 4.69) is 10.3 Å². The van der Waals surface area contributed by atoms with Gasteiger partial charge in [-0.1, -0.05) is 0 Å². The molecule has 1 aliphatic carbocycles. The Bertz CT molecular complexity index is 673. The highest BCUT2D eigenvalue weighted by Crippen LogP contribution is 2.35. The van der Waals surface area contributed by atoms with Crippen LogP contribution in [0.1, 0.15) is 23.8 Å². The van der Waals surface area contributed by atoms with Crippen LogP contribution in [0.4, 0.5) is 5.95 Å². The van der Waals surface area contributed by atoms with E-state index in [0.717, 1.165) is 29.5 Å². The molecule has 0 atom stereocenters. The number of nitrogens with two attached hydrogens (primary N) is 1. The van der Waals surface area contributed by atoms with Crippen molar-refractivity contribution in [3.8, 4) is 0 Å². The van der Waals surface area contributed by atoms with Crippen LogP contribution < -0.4 is 16.6 Å². The molecule has 0 saturated carbocycles. The van der Waals surface area contributed by atoms with E-state index in [1.54, 1.807) is 15.9 Å². The number of aryl methyl sites for hydroxylation is 2. The SMILES string of the molecule is CCn1c(NCCN)nc2sc3c(c2c1=O)CCC3. The Morgan fingerprint density at radius 3 is 3.05 bits per heavy atom. The standard InChI is InChI=1S/C13H18N4OS/c1-2-17-12(18)10-8-4-3-5-9(8)19-11(10)16-13(17)15-7-6-14/h2-7,14H2,1H3,(H,15,16). The van der Waals surface area contributed by atoms with Gasteiger partial charge in [0.2, 0.25) is 5.95 Å². The molecule has 5 nitrogen and oxygen atoms in total. The van der Waals surface area contributed by atoms with Gasteiger partial charge in [-0.2, -0.15) is 0 Å². The maximum atomic E-state index is 12.6.